The summed E-state index contributed by atoms with van der Waals surface area (Å²) >= 11 is 0. The number of ether oxygens (including phenoxy) is 2. The smallest absolute Gasteiger partial charge is 0.251 e. The average Bonchev–Trinajstić information content (AvgIpc) is 2.75. The first kappa shape index (κ1) is 21.1. The van der Waals surface area contributed by atoms with E-state index in [4.69, 9.17) is 9.47 Å². The number of hydrogen-bond acceptors (Lipinski definition) is 4. The lowest BCUT2D eigenvalue weighted by molar-refractivity contribution is 0.0954. The van der Waals surface area contributed by atoms with Crippen molar-refractivity contribution in [2.45, 2.75) is 13.5 Å². The van der Waals surface area contributed by atoms with Gasteiger partial charge in [-0.05, 0) is 37.3 Å². The molecule has 0 spiro atoms. The molecule has 150 valence electrons. The second kappa shape index (κ2) is 11.5. The van der Waals surface area contributed by atoms with E-state index >= 15 is 0 Å². The van der Waals surface area contributed by atoms with Crippen LogP contribution in [-0.2, 0) is 6.54 Å². The molecule has 2 aromatic carbocycles. The molecule has 0 aliphatic rings. The van der Waals surface area contributed by atoms with Gasteiger partial charge in [0, 0.05) is 30.8 Å². The van der Waals surface area contributed by atoms with Gasteiger partial charge in [0.05, 0.1) is 20.8 Å². The second-order valence-electron chi connectivity index (χ2n) is 5.92. The zero-order valence-corrected chi connectivity index (χ0v) is 16.6. The molecular formula is C21H28N4O3. The minimum Gasteiger partial charge on any atom is -0.497 e. The quantitative estimate of drug-likeness (QED) is 0.351. The Bertz CT molecular complexity index is 775. The van der Waals surface area contributed by atoms with Gasteiger partial charge in [-0.2, -0.15) is 0 Å². The highest BCUT2D eigenvalue weighted by Gasteiger charge is 2.05. The van der Waals surface area contributed by atoms with E-state index in [0.29, 0.717) is 31.2 Å². The number of carbonyl (C=O) groups is 1. The fourth-order valence-electron chi connectivity index (χ4n) is 2.54. The SMILES string of the molecule is CCNC(=NCc1ccccc1OC)NCCNC(=O)c1ccc(OC)cc1. The van der Waals surface area contributed by atoms with Crippen LogP contribution in [0, 0.1) is 0 Å². The summed E-state index contributed by atoms with van der Waals surface area (Å²) in [5.41, 5.74) is 1.60. The van der Waals surface area contributed by atoms with Gasteiger partial charge in [-0.1, -0.05) is 18.2 Å². The highest BCUT2D eigenvalue weighted by Crippen LogP contribution is 2.17. The Morgan fingerprint density at radius 1 is 0.929 bits per heavy atom. The first-order chi connectivity index (χ1) is 13.7. The summed E-state index contributed by atoms with van der Waals surface area (Å²) in [5.74, 6) is 2.10. The summed E-state index contributed by atoms with van der Waals surface area (Å²) in [6.45, 7) is 4.28. The zero-order chi connectivity index (χ0) is 20.2. The number of amides is 1. The molecule has 2 rings (SSSR count). The molecule has 0 unspecified atom stereocenters. The van der Waals surface area contributed by atoms with E-state index in [1.807, 2.05) is 31.2 Å². The summed E-state index contributed by atoms with van der Waals surface area (Å²) in [6.07, 6.45) is 0. The van der Waals surface area contributed by atoms with Crippen LogP contribution < -0.4 is 25.4 Å². The Hall–Kier alpha value is -3.22. The van der Waals surface area contributed by atoms with Crippen LogP contribution >= 0.6 is 0 Å². The molecule has 2 aromatic rings. The molecule has 0 atom stereocenters. The Morgan fingerprint density at radius 2 is 1.64 bits per heavy atom. The largest absolute Gasteiger partial charge is 0.497 e. The molecule has 0 fully saturated rings. The molecule has 7 nitrogen and oxygen atoms in total. The van der Waals surface area contributed by atoms with Crippen molar-refractivity contribution in [3.05, 3.63) is 59.7 Å². The molecule has 3 N–H and O–H groups in total. The molecule has 0 aliphatic heterocycles. The van der Waals surface area contributed by atoms with Gasteiger partial charge in [0.1, 0.15) is 11.5 Å². The minimum absolute atomic E-state index is 0.125. The average molecular weight is 384 g/mol. The second-order valence-corrected chi connectivity index (χ2v) is 5.92. The van der Waals surface area contributed by atoms with E-state index in [9.17, 15) is 4.79 Å². The van der Waals surface area contributed by atoms with Crippen LogP contribution in [0.2, 0.25) is 0 Å². The number of benzene rings is 2. The van der Waals surface area contributed by atoms with Gasteiger partial charge in [0.2, 0.25) is 0 Å². The molecule has 7 heteroatoms. The highest BCUT2D eigenvalue weighted by molar-refractivity contribution is 5.94. The van der Waals surface area contributed by atoms with Gasteiger partial charge >= 0.3 is 0 Å². The molecule has 0 heterocycles. The number of nitrogens with zero attached hydrogens (tertiary/aromatic N) is 1. The van der Waals surface area contributed by atoms with E-state index in [1.165, 1.54) is 0 Å². The molecule has 0 aliphatic carbocycles. The van der Waals surface area contributed by atoms with Crippen molar-refractivity contribution in [1.82, 2.24) is 16.0 Å². The van der Waals surface area contributed by atoms with E-state index in [0.717, 1.165) is 23.6 Å². The fraction of sp³-hybridized carbons (Fsp3) is 0.333. The number of rotatable bonds is 9. The van der Waals surface area contributed by atoms with E-state index < -0.39 is 0 Å². The Labute approximate surface area is 166 Å². The van der Waals surface area contributed by atoms with Crippen molar-refractivity contribution in [2.75, 3.05) is 33.9 Å². The number of carbonyl (C=O) groups excluding carboxylic acids is 1. The standard InChI is InChI=1S/C21H28N4O3/c1-4-22-21(25-15-17-7-5-6-8-19(17)28-3)24-14-13-23-20(26)16-9-11-18(27-2)12-10-16/h5-12H,4,13-15H2,1-3H3,(H,23,26)(H2,22,24,25). The highest BCUT2D eigenvalue weighted by atomic mass is 16.5. The maximum atomic E-state index is 12.2. The first-order valence-corrected chi connectivity index (χ1v) is 9.24. The van der Waals surface area contributed by atoms with Crippen LogP contribution in [0.5, 0.6) is 11.5 Å². The van der Waals surface area contributed by atoms with Crippen LogP contribution in [0.25, 0.3) is 0 Å². The molecule has 0 saturated carbocycles. The predicted molar refractivity (Wildman–Crippen MR) is 111 cm³/mol. The molecule has 28 heavy (non-hydrogen) atoms. The molecule has 0 bridgehead atoms. The summed E-state index contributed by atoms with van der Waals surface area (Å²) in [5, 5.41) is 9.29. The van der Waals surface area contributed by atoms with Gasteiger partial charge < -0.3 is 25.4 Å². The topological polar surface area (TPSA) is 84.0 Å². The van der Waals surface area contributed by atoms with Gasteiger partial charge in [0.15, 0.2) is 5.96 Å². The van der Waals surface area contributed by atoms with Crippen LogP contribution in [0.4, 0.5) is 0 Å². The number of hydrogen-bond donors (Lipinski definition) is 3. The maximum absolute atomic E-state index is 12.2. The maximum Gasteiger partial charge on any atom is 0.251 e. The van der Waals surface area contributed by atoms with Crippen LogP contribution in [0.1, 0.15) is 22.8 Å². The number of aliphatic imine (C=N–C) groups is 1. The Kier molecular flexibility index (Phi) is 8.65. The molecule has 0 aromatic heterocycles. The van der Waals surface area contributed by atoms with Crippen molar-refractivity contribution >= 4 is 11.9 Å². The zero-order valence-electron chi connectivity index (χ0n) is 16.6. The van der Waals surface area contributed by atoms with Crippen molar-refractivity contribution in [3.63, 3.8) is 0 Å². The van der Waals surface area contributed by atoms with Gasteiger partial charge in [-0.15, -0.1) is 0 Å². The molecule has 0 radical (unpaired) electrons. The third kappa shape index (κ3) is 6.50. The third-order valence-electron chi connectivity index (χ3n) is 4.00. The van der Waals surface area contributed by atoms with Crippen molar-refractivity contribution < 1.29 is 14.3 Å². The van der Waals surface area contributed by atoms with E-state index in [1.54, 1.807) is 38.5 Å². The minimum atomic E-state index is -0.125. The number of para-hydroxylation sites is 1. The van der Waals surface area contributed by atoms with Gasteiger partial charge in [-0.3, -0.25) is 4.79 Å². The Balaban J connectivity index is 1.82. The third-order valence-corrected chi connectivity index (χ3v) is 4.00. The summed E-state index contributed by atoms with van der Waals surface area (Å²) in [4.78, 5) is 16.7. The fourth-order valence-corrected chi connectivity index (χ4v) is 2.54. The lowest BCUT2D eigenvalue weighted by Crippen LogP contribution is -2.41. The summed E-state index contributed by atoms with van der Waals surface area (Å²) < 4.78 is 10.5. The van der Waals surface area contributed by atoms with Crippen molar-refractivity contribution in [1.29, 1.82) is 0 Å². The number of guanidine groups is 1. The van der Waals surface area contributed by atoms with Crippen LogP contribution in [0.3, 0.4) is 0 Å². The van der Waals surface area contributed by atoms with Gasteiger partial charge in [-0.25, -0.2) is 4.99 Å². The van der Waals surface area contributed by atoms with E-state index in [2.05, 4.69) is 20.9 Å². The van der Waals surface area contributed by atoms with Gasteiger partial charge in [0.25, 0.3) is 5.91 Å². The normalized spacial score (nSPS) is 10.9. The number of nitrogens with one attached hydrogen (secondary N) is 3. The summed E-state index contributed by atoms with van der Waals surface area (Å²) in [7, 11) is 3.25. The van der Waals surface area contributed by atoms with E-state index in [-0.39, 0.29) is 5.91 Å². The lowest BCUT2D eigenvalue weighted by Gasteiger charge is -2.13. The number of methoxy groups -OCH3 is 2. The van der Waals surface area contributed by atoms with Crippen molar-refractivity contribution in [3.8, 4) is 11.5 Å². The monoisotopic (exact) mass is 384 g/mol. The Morgan fingerprint density at radius 3 is 2.32 bits per heavy atom. The van der Waals surface area contributed by atoms with Crippen LogP contribution in [-0.4, -0.2) is 45.7 Å². The molecule has 1 amide bonds. The van der Waals surface area contributed by atoms with Crippen molar-refractivity contribution in [2.24, 2.45) is 4.99 Å². The van der Waals surface area contributed by atoms with Crippen LogP contribution in [0.15, 0.2) is 53.5 Å². The lowest BCUT2D eigenvalue weighted by atomic mass is 10.2. The predicted octanol–water partition coefficient (Wildman–Crippen LogP) is 2.19. The molecular weight excluding hydrogens is 356 g/mol. The summed E-state index contributed by atoms with van der Waals surface area (Å²) in [6, 6.07) is 14.8. The first-order valence-electron chi connectivity index (χ1n) is 9.24. The molecule has 0 saturated heterocycles.